The molecule has 0 bridgehead atoms. The van der Waals surface area contributed by atoms with Crippen molar-refractivity contribution in [1.29, 1.82) is 0 Å². The predicted molar refractivity (Wildman–Crippen MR) is 113 cm³/mol. The first-order valence-electron chi connectivity index (χ1n) is 11.9. The van der Waals surface area contributed by atoms with Crippen molar-refractivity contribution in [2.75, 3.05) is 12.8 Å². The third kappa shape index (κ3) is 5.05. The number of pyridine rings is 2. The molecule has 1 aromatic carbocycles. The molecule has 0 aliphatic carbocycles. The number of nitrogen functional groups attached to an aromatic ring is 1. The topological polar surface area (TPSA) is 105 Å². The van der Waals surface area contributed by atoms with E-state index >= 15 is 0 Å². The number of hydrogen-bond acceptors (Lipinski definition) is 7. The molecule has 0 saturated carbocycles. The lowest BCUT2D eigenvalue weighted by molar-refractivity contribution is -0.274. The van der Waals surface area contributed by atoms with Crippen molar-refractivity contribution in [3.05, 3.63) is 65.7 Å². The number of aromatic nitrogens is 4. The highest BCUT2D eigenvalue weighted by molar-refractivity contribution is 5.99. The molecule has 0 spiro atoms. The van der Waals surface area contributed by atoms with E-state index in [4.69, 9.17) is 17.3 Å². The summed E-state index contributed by atoms with van der Waals surface area (Å²) in [6.07, 6.45) is -6.36. The molecule has 34 heavy (non-hydrogen) atoms. The predicted octanol–water partition coefficient (Wildman–Crippen LogP) is 4.24. The van der Waals surface area contributed by atoms with Crippen molar-refractivity contribution in [2.45, 2.75) is 19.2 Å². The molecule has 8 nitrogen and oxygen atoms in total. The minimum atomic E-state index is -5.12. The third-order valence-corrected chi connectivity index (χ3v) is 4.55. The molecule has 0 saturated heterocycles. The number of halogens is 4. The highest BCUT2D eigenvalue weighted by Crippen LogP contribution is 2.28. The van der Waals surface area contributed by atoms with Crippen molar-refractivity contribution < 1.29 is 38.7 Å². The van der Waals surface area contributed by atoms with Gasteiger partial charge in [-0.1, -0.05) is 0 Å². The number of fused-ring (bicyclic) bond motifs is 1. The number of ketones is 1. The number of carbonyl (C=O) groups excluding carboxylic acids is 1. The second-order valence-electron chi connectivity index (χ2n) is 6.83. The first-order chi connectivity index (χ1) is 18.0. The van der Waals surface area contributed by atoms with Gasteiger partial charge < -0.3 is 15.2 Å². The molecule has 0 unspecified atom stereocenters. The maximum atomic E-state index is 14.4. The third-order valence-electron chi connectivity index (χ3n) is 4.55. The van der Waals surface area contributed by atoms with Crippen molar-refractivity contribution in [3.8, 4) is 22.8 Å². The number of aryl methyl sites for hydroxylation is 1. The lowest BCUT2D eigenvalue weighted by Crippen LogP contribution is -2.17. The number of rotatable bonds is 7. The van der Waals surface area contributed by atoms with E-state index in [1.807, 2.05) is 0 Å². The molecule has 0 aliphatic rings. The molecule has 3 aromatic heterocycles. The molecular formula is C22H17F4N5O3. The number of nitrogens with zero attached hydrogens (tertiary/aromatic N) is 4. The molecule has 12 heteroatoms. The number of anilines is 1. The van der Waals surface area contributed by atoms with Crippen molar-refractivity contribution in [2.24, 2.45) is 0 Å². The van der Waals surface area contributed by atoms with Gasteiger partial charge in [0, 0.05) is 27.1 Å². The Kier molecular flexibility index (Phi) is 4.56. The van der Waals surface area contributed by atoms with E-state index in [1.54, 1.807) is 12.1 Å². The average Bonchev–Trinajstić information content (AvgIpc) is 3.17. The van der Waals surface area contributed by atoms with Gasteiger partial charge in [0.25, 0.3) is 0 Å². The molecule has 176 valence electrons. The second kappa shape index (κ2) is 8.96. The summed E-state index contributed by atoms with van der Waals surface area (Å²) in [4.78, 5) is 21.2. The van der Waals surface area contributed by atoms with Gasteiger partial charge in [0.05, 0.1) is 16.7 Å². The Morgan fingerprint density at radius 1 is 1.24 bits per heavy atom. The van der Waals surface area contributed by atoms with Crippen molar-refractivity contribution in [1.82, 2.24) is 19.6 Å². The van der Waals surface area contributed by atoms with Gasteiger partial charge in [0.2, 0.25) is 11.8 Å². The summed E-state index contributed by atoms with van der Waals surface area (Å²) < 4.78 is 101. The highest BCUT2D eigenvalue weighted by atomic mass is 19.4. The molecule has 0 amide bonds. The molecule has 4 rings (SSSR count). The number of Topliss-reactive ketones (excluding diaryl/α,β-unsaturated/α-hetero) is 1. The lowest BCUT2D eigenvalue weighted by atomic mass is 10.00. The fraction of sp³-hybridized carbons (Fsp3) is 0.182. The van der Waals surface area contributed by atoms with Crippen LogP contribution in [0.5, 0.6) is 11.6 Å². The van der Waals surface area contributed by atoms with E-state index in [2.05, 4.69) is 19.8 Å². The normalized spacial score (nSPS) is 14.5. The van der Waals surface area contributed by atoms with Crippen LogP contribution >= 0.6 is 0 Å². The number of alkyl halides is 3. The van der Waals surface area contributed by atoms with Gasteiger partial charge in [-0.05, 0) is 53.9 Å². The van der Waals surface area contributed by atoms with Crippen LogP contribution in [0.1, 0.15) is 29.2 Å². The van der Waals surface area contributed by atoms with Crippen LogP contribution in [0.15, 0.2) is 48.8 Å². The summed E-state index contributed by atoms with van der Waals surface area (Å²) in [6.45, 7) is 0. The van der Waals surface area contributed by atoms with Crippen LogP contribution in [-0.4, -0.2) is 38.8 Å². The summed E-state index contributed by atoms with van der Waals surface area (Å²) in [5, 5.41) is 3.94. The van der Waals surface area contributed by atoms with E-state index < -0.39 is 60.6 Å². The Hall–Kier alpha value is -4.22. The second-order valence-corrected chi connectivity index (χ2v) is 6.83. The molecule has 0 fully saturated rings. The van der Waals surface area contributed by atoms with Gasteiger partial charge in [-0.25, -0.2) is 13.9 Å². The summed E-state index contributed by atoms with van der Waals surface area (Å²) in [6, 6.07) is 6.01. The maximum Gasteiger partial charge on any atom is 0.573 e. The number of nitrogens with two attached hydrogens (primary N) is 1. The highest BCUT2D eigenvalue weighted by Gasteiger charge is 2.31. The molecule has 4 aromatic rings. The van der Waals surface area contributed by atoms with Gasteiger partial charge in [-0.3, -0.25) is 4.79 Å². The Labute approximate surface area is 197 Å². The first-order valence-corrected chi connectivity index (χ1v) is 9.41. The molecule has 0 aliphatic heterocycles. The molecule has 2 N–H and O–H groups in total. The Morgan fingerprint density at radius 3 is 2.82 bits per heavy atom. The van der Waals surface area contributed by atoms with E-state index in [9.17, 15) is 22.4 Å². The number of ether oxygens (including phenoxy) is 2. The van der Waals surface area contributed by atoms with E-state index in [0.29, 0.717) is 29.4 Å². The molecule has 3 heterocycles. The summed E-state index contributed by atoms with van der Waals surface area (Å²) >= 11 is 0. The van der Waals surface area contributed by atoms with E-state index in [0.717, 1.165) is 0 Å². The van der Waals surface area contributed by atoms with Crippen LogP contribution in [0.3, 0.4) is 0 Å². The standard InChI is InChI=1S/C22H17F4N5O3/c1-33-20-16(9-14(11-28-20)12-6-7-31-19(10-12)29-21(27)30-31)18(32)5-2-13-8-15(3-4-17(13)23)34-22(24,25)26/h3-4,6-11H,2,5H2,1H3,(H2,27,30)/i1D3,2D2. The smallest absolute Gasteiger partial charge is 0.480 e. The summed E-state index contributed by atoms with van der Waals surface area (Å²) in [5.74, 6) is -3.84. The van der Waals surface area contributed by atoms with Crippen molar-refractivity contribution in [3.63, 3.8) is 0 Å². The van der Waals surface area contributed by atoms with Crippen LogP contribution in [0, 0.1) is 5.82 Å². The van der Waals surface area contributed by atoms with Gasteiger partial charge in [-0.15, -0.1) is 18.3 Å². The Morgan fingerprint density at radius 2 is 2.06 bits per heavy atom. The van der Waals surface area contributed by atoms with Gasteiger partial charge in [0.1, 0.15) is 11.6 Å². The Bertz CT molecular complexity index is 1560. The largest absolute Gasteiger partial charge is 0.573 e. The van der Waals surface area contributed by atoms with Gasteiger partial charge in [-0.2, -0.15) is 4.98 Å². The van der Waals surface area contributed by atoms with E-state index in [1.165, 1.54) is 23.0 Å². The number of benzene rings is 1. The van der Waals surface area contributed by atoms with E-state index in [-0.39, 0.29) is 11.5 Å². The first kappa shape index (κ1) is 17.3. The number of methoxy groups -OCH3 is 1. The van der Waals surface area contributed by atoms with Crippen molar-refractivity contribution >= 4 is 17.4 Å². The fourth-order valence-corrected chi connectivity index (χ4v) is 3.08. The zero-order valence-corrected chi connectivity index (χ0v) is 16.9. The summed E-state index contributed by atoms with van der Waals surface area (Å²) in [5.41, 5.74) is 5.30. The van der Waals surface area contributed by atoms with Crippen LogP contribution in [0.4, 0.5) is 23.5 Å². The zero-order valence-electron chi connectivity index (χ0n) is 21.9. The minimum absolute atomic E-state index is 0.00161. The van der Waals surface area contributed by atoms with Crippen LogP contribution in [-0.2, 0) is 6.37 Å². The Balaban J connectivity index is 1.72. The molecule has 0 radical (unpaired) electrons. The molecular weight excluding hydrogens is 458 g/mol. The zero-order chi connectivity index (χ0) is 28.8. The quantitative estimate of drug-likeness (QED) is 0.312. The summed E-state index contributed by atoms with van der Waals surface area (Å²) in [7, 11) is -3.03. The maximum absolute atomic E-state index is 14.4. The average molecular weight is 480 g/mol. The van der Waals surface area contributed by atoms with Crippen LogP contribution < -0.4 is 15.2 Å². The fourth-order valence-electron chi connectivity index (χ4n) is 3.08. The number of carbonyl (C=O) groups is 1. The number of hydrogen-bond donors (Lipinski definition) is 1. The SMILES string of the molecule is [2H]C([2H])([2H])Oc1ncc(-c2ccn3nc(N)nc3c2)cc1C(=O)CC([2H])([2H])c1cc(OC(F)(F)F)ccc1F. The monoisotopic (exact) mass is 480 g/mol. The minimum Gasteiger partial charge on any atom is -0.480 e. The van der Waals surface area contributed by atoms with Gasteiger partial charge >= 0.3 is 6.36 Å². The molecule has 0 atom stereocenters. The lowest BCUT2D eigenvalue weighted by Gasteiger charge is -2.12. The van der Waals surface area contributed by atoms with Crippen LogP contribution in [0.25, 0.3) is 16.8 Å². The van der Waals surface area contributed by atoms with Gasteiger partial charge in [0.15, 0.2) is 11.4 Å². The van der Waals surface area contributed by atoms with Crippen LogP contribution in [0.2, 0.25) is 0 Å².